The topological polar surface area (TPSA) is 43.4 Å². The van der Waals surface area contributed by atoms with Gasteiger partial charge in [-0.15, -0.1) is 0 Å². The summed E-state index contributed by atoms with van der Waals surface area (Å²) in [7, 11) is -2.94. The quantitative estimate of drug-likeness (QED) is 0.720. The Morgan fingerprint density at radius 3 is 2.62 bits per heavy atom. The van der Waals surface area contributed by atoms with E-state index in [1.54, 1.807) is 0 Å². The van der Waals surface area contributed by atoms with E-state index in [2.05, 4.69) is 4.18 Å². The van der Waals surface area contributed by atoms with Crippen molar-refractivity contribution in [2.45, 2.75) is 4.90 Å². The predicted octanol–water partition coefficient (Wildman–Crippen LogP) is 1.81. The molecular weight excluding hydrogens is 219 g/mol. The van der Waals surface area contributed by atoms with Gasteiger partial charge in [0.05, 0.1) is 12.1 Å². The maximum Gasteiger partial charge on any atom is 0.298 e. The van der Waals surface area contributed by atoms with Crippen molar-refractivity contribution in [1.82, 2.24) is 0 Å². The van der Waals surface area contributed by atoms with Crippen molar-refractivity contribution in [3.05, 3.63) is 29.0 Å². The third kappa shape index (κ3) is 2.18. The van der Waals surface area contributed by atoms with Gasteiger partial charge in [0.1, 0.15) is 10.7 Å². The monoisotopic (exact) mass is 224 g/mol. The summed E-state index contributed by atoms with van der Waals surface area (Å²) >= 11 is 5.53. The summed E-state index contributed by atoms with van der Waals surface area (Å²) in [6.07, 6.45) is 0. The molecule has 13 heavy (non-hydrogen) atoms. The van der Waals surface area contributed by atoms with E-state index in [0.29, 0.717) is 0 Å². The second-order valence-corrected chi connectivity index (χ2v) is 4.28. The van der Waals surface area contributed by atoms with Crippen LogP contribution in [0, 0.1) is 5.82 Å². The van der Waals surface area contributed by atoms with Crippen LogP contribution in [0.5, 0.6) is 0 Å². The molecule has 1 rings (SSSR count). The van der Waals surface area contributed by atoms with Crippen LogP contribution in [0.3, 0.4) is 0 Å². The van der Waals surface area contributed by atoms with Crippen LogP contribution in [0.25, 0.3) is 0 Å². The Bertz CT molecular complexity index is 416. The van der Waals surface area contributed by atoms with Crippen LogP contribution in [-0.2, 0) is 14.3 Å². The number of rotatable bonds is 2. The Labute approximate surface area is 80.2 Å². The number of halogens is 2. The molecule has 1 aromatic carbocycles. The molecule has 0 saturated heterocycles. The fourth-order valence-electron chi connectivity index (χ4n) is 0.759. The lowest BCUT2D eigenvalue weighted by molar-refractivity contribution is 0.397. The van der Waals surface area contributed by atoms with E-state index in [1.807, 2.05) is 0 Å². The van der Waals surface area contributed by atoms with E-state index >= 15 is 0 Å². The van der Waals surface area contributed by atoms with Crippen LogP contribution >= 0.6 is 11.6 Å². The predicted molar refractivity (Wildman–Crippen MR) is 45.6 cm³/mol. The summed E-state index contributed by atoms with van der Waals surface area (Å²) in [6.45, 7) is 0. The van der Waals surface area contributed by atoms with E-state index in [1.165, 1.54) is 0 Å². The average Bonchev–Trinajstić information content (AvgIpc) is 2.09. The van der Waals surface area contributed by atoms with Crippen LogP contribution < -0.4 is 0 Å². The van der Waals surface area contributed by atoms with Crippen molar-refractivity contribution in [1.29, 1.82) is 0 Å². The molecular formula is C7H6ClFO3S. The minimum Gasteiger partial charge on any atom is -0.270 e. The highest BCUT2D eigenvalue weighted by atomic mass is 35.5. The normalized spacial score (nSPS) is 11.6. The van der Waals surface area contributed by atoms with Crippen molar-refractivity contribution in [2.75, 3.05) is 7.11 Å². The molecule has 3 nitrogen and oxygen atoms in total. The number of benzene rings is 1. The van der Waals surface area contributed by atoms with E-state index in [9.17, 15) is 12.8 Å². The zero-order chi connectivity index (χ0) is 10.1. The minimum atomic E-state index is -3.92. The summed E-state index contributed by atoms with van der Waals surface area (Å²) in [6, 6.07) is 3.03. The lowest BCUT2D eigenvalue weighted by atomic mass is 10.3. The molecule has 0 aromatic heterocycles. The molecule has 0 bridgehead atoms. The molecule has 1 aromatic rings. The smallest absolute Gasteiger partial charge is 0.270 e. The van der Waals surface area contributed by atoms with Crippen molar-refractivity contribution >= 4 is 21.7 Å². The fourth-order valence-corrected chi connectivity index (χ4v) is 1.90. The van der Waals surface area contributed by atoms with Gasteiger partial charge in [-0.2, -0.15) is 8.42 Å². The maximum absolute atomic E-state index is 12.6. The Balaban J connectivity index is 3.38. The highest BCUT2D eigenvalue weighted by Crippen LogP contribution is 2.23. The van der Waals surface area contributed by atoms with E-state index < -0.39 is 15.9 Å². The zero-order valence-corrected chi connectivity index (χ0v) is 8.19. The summed E-state index contributed by atoms with van der Waals surface area (Å²) < 4.78 is 39.0. The lowest BCUT2D eigenvalue weighted by Gasteiger charge is -2.02. The van der Waals surface area contributed by atoms with Gasteiger partial charge in [-0.25, -0.2) is 4.39 Å². The first kappa shape index (κ1) is 10.4. The fraction of sp³-hybridized carbons (Fsp3) is 0.143. The van der Waals surface area contributed by atoms with Crippen molar-refractivity contribution in [2.24, 2.45) is 0 Å². The largest absolute Gasteiger partial charge is 0.298 e. The van der Waals surface area contributed by atoms with E-state index in [0.717, 1.165) is 25.3 Å². The van der Waals surface area contributed by atoms with Crippen LogP contribution in [0.1, 0.15) is 0 Å². The van der Waals surface area contributed by atoms with Gasteiger partial charge in [-0.05, 0) is 18.2 Å². The molecule has 0 saturated carbocycles. The number of hydrogen-bond acceptors (Lipinski definition) is 3. The van der Waals surface area contributed by atoms with Crippen molar-refractivity contribution < 1.29 is 17.0 Å². The third-order valence-corrected chi connectivity index (χ3v) is 3.14. The van der Waals surface area contributed by atoms with Crippen LogP contribution in [0.2, 0.25) is 5.02 Å². The van der Waals surface area contributed by atoms with Gasteiger partial charge in [0.15, 0.2) is 0 Å². The standard InChI is InChI=1S/C7H6ClFO3S/c1-12-13(10,11)7-4-5(9)2-3-6(7)8/h2-4H,1H3. The molecule has 0 fully saturated rings. The molecule has 0 heterocycles. The van der Waals surface area contributed by atoms with Gasteiger partial charge >= 0.3 is 0 Å². The SMILES string of the molecule is COS(=O)(=O)c1cc(F)ccc1Cl. The van der Waals surface area contributed by atoms with E-state index in [4.69, 9.17) is 11.6 Å². The van der Waals surface area contributed by atoms with Crippen molar-refractivity contribution in [3.8, 4) is 0 Å². The molecule has 0 amide bonds. The highest BCUT2D eigenvalue weighted by molar-refractivity contribution is 7.86. The summed E-state index contributed by atoms with van der Waals surface area (Å²) in [5, 5.41) is -0.0664. The molecule has 0 aliphatic heterocycles. The summed E-state index contributed by atoms with van der Waals surface area (Å²) in [5.74, 6) is -0.681. The van der Waals surface area contributed by atoms with Crippen LogP contribution in [-0.4, -0.2) is 15.5 Å². The molecule has 6 heteroatoms. The summed E-state index contributed by atoms with van der Waals surface area (Å²) in [5.41, 5.74) is 0. The molecule has 0 unspecified atom stereocenters. The number of hydrogen-bond donors (Lipinski definition) is 0. The molecule has 0 aliphatic carbocycles. The summed E-state index contributed by atoms with van der Waals surface area (Å²) in [4.78, 5) is -0.364. The Kier molecular flexibility index (Phi) is 2.90. The van der Waals surface area contributed by atoms with Gasteiger partial charge in [-0.3, -0.25) is 4.18 Å². The Morgan fingerprint density at radius 1 is 1.46 bits per heavy atom. The van der Waals surface area contributed by atoms with Gasteiger partial charge in [0, 0.05) is 0 Å². The average molecular weight is 225 g/mol. The van der Waals surface area contributed by atoms with Crippen LogP contribution in [0.15, 0.2) is 23.1 Å². The molecule has 0 atom stereocenters. The Morgan fingerprint density at radius 2 is 2.08 bits per heavy atom. The maximum atomic E-state index is 12.6. The first-order chi connectivity index (χ1) is 5.97. The Hall–Kier alpha value is -0.650. The van der Waals surface area contributed by atoms with Gasteiger partial charge < -0.3 is 0 Å². The molecule has 0 N–H and O–H groups in total. The zero-order valence-electron chi connectivity index (χ0n) is 6.62. The highest BCUT2D eigenvalue weighted by Gasteiger charge is 2.17. The van der Waals surface area contributed by atoms with Gasteiger partial charge in [-0.1, -0.05) is 11.6 Å². The van der Waals surface area contributed by atoms with Gasteiger partial charge in [0.25, 0.3) is 10.1 Å². The lowest BCUT2D eigenvalue weighted by Crippen LogP contribution is -2.03. The van der Waals surface area contributed by atoms with Crippen LogP contribution in [0.4, 0.5) is 4.39 Å². The van der Waals surface area contributed by atoms with E-state index in [-0.39, 0.29) is 9.92 Å². The van der Waals surface area contributed by atoms with Gasteiger partial charge in [0.2, 0.25) is 0 Å². The molecule has 0 radical (unpaired) electrons. The van der Waals surface area contributed by atoms with Crippen molar-refractivity contribution in [3.63, 3.8) is 0 Å². The molecule has 0 spiro atoms. The second kappa shape index (κ2) is 3.61. The molecule has 0 aliphatic rings. The third-order valence-electron chi connectivity index (χ3n) is 1.38. The first-order valence-corrected chi connectivity index (χ1v) is 5.01. The molecule has 72 valence electrons. The first-order valence-electron chi connectivity index (χ1n) is 3.23. The minimum absolute atomic E-state index is 0.0664. The second-order valence-electron chi connectivity index (χ2n) is 2.20.